The quantitative estimate of drug-likeness (QED) is 0.802. The summed E-state index contributed by atoms with van der Waals surface area (Å²) < 4.78 is 10.7. The van der Waals surface area contributed by atoms with E-state index in [0.29, 0.717) is 5.76 Å². The lowest BCUT2D eigenvalue weighted by Gasteiger charge is -2.19. The first-order valence-electron chi connectivity index (χ1n) is 4.90. The van der Waals surface area contributed by atoms with E-state index in [9.17, 15) is 0 Å². The van der Waals surface area contributed by atoms with Crippen molar-refractivity contribution >= 4 is 0 Å². The maximum Gasteiger partial charge on any atom is 0.134 e. The third kappa shape index (κ3) is 1.83. The van der Waals surface area contributed by atoms with Crippen molar-refractivity contribution in [2.75, 3.05) is 13.7 Å². The average Bonchev–Trinajstić information content (AvgIpc) is 2.28. The third-order valence-electron chi connectivity index (χ3n) is 2.57. The molecule has 2 rings (SSSR count). The molecule has 0 bridgehead atoms. The number of ether oxygens (including phenoxy) is 2. The van der Waals surface area contributed by atoms with Crippen LogP contribution in [0.5, 0.6) is 11.5 Å². The lowest BCUT2D eigenvalue weighted by atomic mass is 10.0. The molecule has 0 unspecified atom stereocenters. The zero-order valence-corrected chi connectivity index (χ0v) is 8.91. The molecule has 0 saturated carbocycles. The van der Waals surface area contributed by atoms with Crippen LogP contribution in [0.1, 0.15) is 11.1 Å². The summed E-state index contributed by atoms with van der Waals surface area (Å²) in [5.74, 6) is 2.18. The van der Waals surface area contributed by atoms with Gasteiger partial charge in [-0.1, -0.05) is 0 Å². The standard InChI is InChI=1S/C12H14O3/c1-8-5-10(14-2)6-12-11(8)4-3-9(7-13)15-12/h3,5-6,13H,4,7H2,1-2H3. The molecule has 1 aromatic rings. The molecule has 1 aromatic carbocycles. The van der Waals surface area contributed by atoms with E-state index < -0.39 is 0 Å². The molecular weight excluding hydrogens is 192 g/mol. The Labute approximate surface area is 88.9 Å². The minimum absolute atomic E-state index is 0.0598. The number of benzene rings is 1. The maximum absolute atomic E-state index is 8.99. The molecule has 0 aliphatic carbocycles. The summed E-state index contributed by atoms with van der Waals surface area (Å²) >= 11 is 0. The van der Waals surface area contributed by atoms with Gasteiger partial charge in [-0.3, -0.25) is 0 Å². The Morgan fingerprint density at radius 3 is 2.93 bits per heavy atom. The first-order chi connectivity index (χ1) is 7.24. The van der Waals surface area contributed by atoms with Crippen molar-refractivity contribution in [3.05, 3.63) is 35.1 Å². The van der Waals surface area contributed by atoms with Crippen molar-refractivity contribution in [1.29, 1.82) is 0 Å². The summed E-state index contributed by atoms with van der Waals surface area (Å²) in [5.41, 5.74) is 2.31. The molecule has 0 spiro atoms. The van der Waals surface area contributed by atoms with E-state index in [2.05, 4.69) is 0 Å². The van der Waals surface area contributed by atoms with Crippen molar-refractivity contribution in [2.24, 2.45) is 0 Å². The van der Waals surface area contributed by atoms with Gasteiger partial charge in [0.15, 0.2) is 0 Å². The van der Waals surface area contributed by atoms with Crippen molar-refractivity contribution in [3.63, 3.8) is 0 Å². The smallest absolute Gasteiger partial charge is 0.134 e. The van der Waals surface area contributed by atoms with Crippen LogP contribution >= 0.6 is 0 Å². The number of hydrogen-bond acceptors (Lipinski definition) is 3. The second-order valence-electron chi connectivity index (χ2n) is 3.56. The highest BCUT2D eigenvalue weighted by Crippen LogP contribution is 2.33. The molecule has 3 heteroatoms. The Balaban J connectivity index is 2.40. The number of aliphatic hydroxyl groups is 1. The predicted octanol–water partition coefficient (Wildman–Crippen LogP) is 1.81. The Hall–Kier alpha value is -1.48. The molecular formula is C12H14O3. The van der Waals surface area contributed by atoms with Crippen LogP contribution in [0.15, 0.2) is 24.0 Å². The van der Waals surface area contributed by atoms with Crippen LogP contribution in [0, 0.1) is 6.92 Å². The van der Waals surface area contributed by atoms with E-state index in [-0.39, 0.29) is 6.61 Å². The van der Waals surface area contributed by atoms with Crippen LogP contribution in [-0.2, 0) is 6.42 Å². The zero-order chi connectivity index (χ0) is 10.8. The van der Waals surface area contributed by atoms with Gasteiger partial charge in [0.2, 0.25) is 0 Å². The van der Waals surface area contributed by atoms with Crippen LogP contribution in [0.2, 0.25) is 0 Å². The fourth-order valence-electron chi connectivity index (χ4n) is 1.72. The van der Waals surface area contributed by atoms with Gasteiger partial charge in [-0.2, -0.15) is 0 Å². The number of methoxy groups -OCH3 is 1. The van der Waals surface area contributed by atoms with Gasteiger partial charge in [0.1, 0.15) is 23.9 Å². The highest BCUT2D eigenvalue weighted by molar-refractivity contribution is 5.49. The van der Waals surface area contributed by atoms with Crippen LogP contribution in [0.3, 0.4) is 0 Å². The molecule has 15 heavy (non-hydrogen) atoms. The number of fused-ring (bicyclic) bond motifs is 1. The van der Waals surface area contributed by atoms with E-state index in [1.54, 1.807) is 7.11 Å². The Morgan fingerprint density at radius 2 is 2.27 bits per heavy atom. The summed E-state index contributed by atoms with van der Waals surface area (Å²) in [7, 11) is 1.63. The van der Waals surface area contributed by atoms with Crippen LogP contribution in [0.4, 0.5) is 0 Å². The van der Waals surface area contributed by atoms with Crippen molar-refractivity contribution in [3.8, 4) is 11.5 Å². The number of aryl methyl sites for hydroxylation is 1. The number of allylic oxidation sites excluding steroid dienone is 1. The summed E-state index contributed by atoms with van der Waals surface area (Å²) in [6.45, 7) is 1.97. The van der Waals surface area contributed by atoms with Crippen molar-refractivity contribution < 1.29 is 14.6 Å². The molecule has 3 nitrogen and oxygen atoms in total. The number of rotatable bonds is 2. The lowest BCUT2D eigenvalue weighted by molar-refractivity contribution is 0.257. The molecule has 0 atom stereocenters. The third-order valence-corrected chi connectivity index (χ3v) is 2.57. The van der Waals surface area contributed by atoms with E-state index in [4.69, 9.17) is 14.6 Å². The lowest BCUT2D eigenvalue weighted by Crippen LogP contribution is -2.09. The van der Waals surface area contributed by atoms with Gasteiger partial charge in [0.05, 0.1) is 7.11 Å². The van der Waals surface area contributed by atoms with Crippen molar-refractivity contribution in [1.82, 2.24) is 0 Å². The monoisotopic (exact) mass is 206 g/mol. The highest BCUT2D eigenvalue weighted by atomic mass is 16.5. The Morgan fingerprint density at radius 1 is 1.47 bits per heavy atom. The van der Waals surface area contributed by atoms with Crippen LogP contribution in [0.25, 0.3) is 0 Å². The molecule has 1 aliphatic rings. The minimum Gasteiger partial charge on any atom is -0.497 e. The normalized spacial score (nSPS) is 13.9. The summed E-state index contributed by atoms with van der Waals surface area (Å²) in [6, 6.07) is 3.84. The van der Waals surface area contributed by atoms with E-state index in [1.165, 1.54) is 0 Å². The van der Waals surface area contributed by atoms with Gasteiger partial charge in [0.25, 0.3) is 0 Å². The maximum atomic E-state index is 8.99. The first-order valence-corrected chi connectivity index (χ1v) is 4.90. The molecule has 0 amide bonds. The summed E-state index contributed by atoms with van der Waals surface area (Å²) in [5, 5.41) is 8.99. The second-order valence-corrected chi connectivity index (χ2v) is 3.56. The zero-order valence-electron chi connectivity index (χ0n) is 8.91. The van der Waals surface area contributed by atoms with Gasteiger partial charge in [-0.25, -0.2) is 0 Å². The minimum atomic E-state index is -0.0598. The SMILES string of the molecule is COc1cc(C)c2c(c1)OC(CO)=CC2. The van der Waals surface area contributed by atoms with Crippen LogP contribution < -0.4 is 9.47 Å². The van der Waals surface area contributed by atoms with Gasteiger partial charge >= 0.3 is 0 Å². The average molecular weight is 206 g/mol. The molecule has 1 heterocycles. The van der Waals surface area contributed by atoms with Gasteiger partial charge < -0.3 is 14.6 Å². The predicted molar refractivity (Wildman–Crippen MR) is 57.2 cm³/mol. The number of hydrogen-bond donors (Lipinski definition) is 1. The van der Waals surface area contributed by atoms with Gasteiger partial charge in [-0.05, 0) is 31.1 Å². The van der Waals surface area contributed by atoms with E-state index in [0.717, 1.165) is 29.0 Å². The fourth-order valence-corrected chi connectivity index (χ4v) is 1.72. The van der Waals surface area contributed by atoms with Crippen molar-refractivity contribution in [2.45, 2.75) is 13.3 Å². The second kappa shape index (κ2) is 3.95. The van der Waals surface area contributed by atoms with Gasteiger partial charge in [0, 0.05) is 11.6 Å². The topological polar surface area (TPSA) is 38.7 Å². The Kier molecular flexibility index (Phi) is 2.64. The largest absolute Gasteiger partial charge is 0.497 e. The summed E-state index contributed by atoms with van der Waals surface area (Å²) in [4.78, 5) is 0. The molecule has 0 aromatic heterocycles. The molecule has 80 valence electrons. The first kappa shape index (κ1) is 10.1. The molecule has 1 aliphatic heterocycles. The van der Waals surface area contributed by atoms with Crippen LogP contribution in [-0.4, -0.2) is 18.8 Å². The molecule has 0 radical (unpaired) electrons. The van der Waals surface area contributed by atoms with Gasteiger partial charge in [-0.15, -0.1) is 0 Å². The summed E-state index contributed by atoms with van der Waals surface area (Å²) in [6.07, 6.45) is 2.71. The highest BCUT2D eigenvalue weighted by Gasteiger charge is 2.15. The molecule has 0 saturated heterocycles. The van der Waals surface area contributed by atoms with E-state index >= 15 is 0 Å². The molecule has 0 fully saturated rings. The number of aliphatic hydroxyl groups excluding tert-OH is 1. The van der Waals surface area contributed by atoms with E-state index in [1.807, 2.05) is 25.1 Å². The fraction of sp³-hybridized carbons (Fsp3) is 0.333. The molecule has 1 N–H and O–H groups in total. The Bertz CT molecular complexity index is 408.